The third kappa shape index (κ3) is 3.15. The average molecular weight is 332 g/mol. The van der Waals surface area contributed by atoms with Crippen LogP contribution in [0.1, 0.15) is 16.6 Å². The van der Waals surface area contributed by atoms with Crippen molar-refractivity contribution >= 4 is 44.9 Å². The lowest BCUT2D eigenvalue weighted by atomic mass is 10.2. The first-order valence-electron chi connectivity index (χ1n) is 5.90. The number of carbonyl (C=O) groups is 2. The Kier molecular flexibility index (Phi) is 4.46. The minimum absolute atomic E-state index is 0.0733. The molecule has 0 spiro atoms. The van der Waals surface area contributed by atoms with Crippen LogP contribution in [0.5, 0.6) is 0 Å². The summed E-state index contributed by atoms with van der Waals surface area (Å²) in [5.74, 6) is -2.55. The van der Waals surface area contributed by atoms with E-state index in [1.807, 2.05) is 0 Å². The van der Waals surface area contributed by atoms with Crippen LogP contribution >= 0.6 is 22.9 Å². The zero-order valence-corrected chi connectivity index (χ0v) is 12.3. The molecule has 2 aromatic rings. The predicted molar refractivity (Wildman–Crippen MR) is 77.4 cm³/mol. The third-order valence-corrected chi connectivity index (χ3v) is 4.49. The van der Waals surface area contributed by atoms with Gasteiger partial charge in [0.05, 0.1) is 11.1 Å². The Morgan fingerprint density at radius 2 is 2.10 bits per heavy atom. The summed E-state index contributed by atoms with van der Waals surface area (Å²) in [6.45, 7) is 1.25. The number of benzene rings is 1. The van der Waals surface area contributed by atoms with Crippen LogP contribution in [0, 0.1) is 5.82 Å². The lowest BCUT2D eigenvalue weighted by Crippen LogP contribution is -2.47. The number of nitrogens with one attached hydrogen (secondary N) is 1. The highest BCUT2D eigenvalue weighted by Crippen LogP contribution is 2.35. The topological polar surface area (TPSA) is 86.6 Å². The van der Waals surface area contributed by atoms with Crippen LogP contribution in [0.3, 0.4) is 0 Å². The number of aliphatic hydroxyl groups excluding tert-OH is 1. The van der Waals surface area contributed by atoms with Crippen LogP contribution in [0.2, 0.25) is 5.02 Å². The molecule has 0 unspecified atom stereocenters. The molecule has 0 aliphatic rings. The summed E-state index contributed by atoms with van der Waals surface area (Å²) in [5.41, 5.74) is 0. The Morgan fingerprint density at radius 3 is 2.67 bits per heavy atom. The molecule has 3 N–H and O–H groups in total. The SMILES string of the molecule is C[C@@H](O)[C@H](NC(=O)c1sc2cc(F)ccc2c1Cl)C(=O)O. The second-order valence-corrected chi connectivity index (χ2v) is 5.85. The van der Waals surface area contributed by atoms with Crippen molar-refractivity contribution in [3.8, 4) is 0 Å². The van der Waals surface area contributed by atoms with Crippen molar-refractivity contribution in [2.45, 2.75) is 19.1 Å². The second kappa shape index (κ2) is 5.97. The van der Waals surface area contributed by atoms with Gasteiger partial charge in [-0.1, -0.05) is 11.6 Å². The molecule has 1 heterocycles. The number of fused-ring (bicyclic) bond motifs is 1. The van der Waals surface area contributed by atoms with Gasteiger partial charge >= 0.3 is 5.97 Å². The fraction of sp³-hybridized carbons (Fsp3) is 0.231. The number of aliphatic hydroxyl groups is 1. The lowest BCUT2D eigenvalue weighted by Gasteiger charge is -2.16. The highest BCUT2D eigenvalue weighted by Gasteiger charge is 2.27. The van der Waals surface area contributed by atoms with Crippen LogP contribution in [-0.4, -0.2) is 34.2 Å². The fourth-order valence-corrected chi connectivity index (χ4v) is 3.23. The Morgan fingerprint density at radius 1 is 1.43 bits per heavy atom. The number of hydrogen-bond donors (Lipinski definition) is 3. The first-order valence-corrected chi connectivity index (χ1v) is 7.10. The van der Waals surface area contributed by atoms with Crippen molar-refractivity contribution in [2.24, 2.45) is 0 Å². The van der Waals surface area contributed by atoms with E-state index in [9.17, 15) is 19.1 Å². The van der Waals surface area contributed by atoms with Crippen molar-refractivity contribution in [3.05, 3.63) is 33.9 Å². The van der Waals surface area contributed by atoms with E-state index in [0.717, 1.165) is 11.3 Å². The third-order valence-electron chi connectivity index (χ3n) is 2.83. The zero-order valence-electron chi connectivity index (χ0n) is 10.8. The Hall–Kier alpha value is -1.70. The van der Waals surface area contributed by atoms with Gasteiger partial charge in [-0.05, 0) is 25.1 Å². The minimum Gasteiger partial charge on any atom is -0.480 e. The molecule has 5 nitrogen and oxygen atoms in total. The highest BCUT2D eigenvalue weighted by molar-refractivity contribution is 7.21. The van der Waals surface area contributed by atoms with Crippen LogP contribution in [0.4, 0.5) is 4.39 Å². The van der Waals surface area contributed by atoms with E-state index in [2.05, 4.69) is 5.32 Å². The molecule has 1 amide bonds. The molecular formula is C13H11ClFNO4S. The zero-order chi connectivity index (χ0) is 15.7. The van der Waals surface area contributed by atoms with Gasteiger partial charge in [-0.2, -0.15) is 0 Å². The summed E-state index contributed by atoms with van der Waals surface area (Å²) in [6, 6.07) is 2.46. The van der Waals surface area contributed by atoms with Crippen molar-refractivity contribution in [1.29, 1.82) is 0 Å². The number of thiophene rings is 1. The van der Waals surface area contributed by atoms with Crippen LogP contribution < -0.4 is 5.32 Å². The van der Waals surface area contributed by atoms with Gasteiger partial charge in [0.25, 0.3) is 5.91 Å². The molecule has 0 saturated heterocycles. The maximum atomic E-state index is 13.2. The van der Waals surface area contributed by atoms with Gasteiger partial charge in [0.2, 0.25) is 0 Å². The van der Waals surface area contributed by atoms with Gasteiger partial charge in [-0.15, -0.1) is 11.3 Å². The van der Waals surface area contributed by atoms with Crippen molar-refractivity contribution < 1.29 is 24.2 Å². The number of hydrogen-bond acceptors (Lipinski definition) is 4. The molecule has 0 fully saturated rings. The maximum absolute atomic E-state index is 13.2. The number of amides is 1. The van der Waals surface area contributed by atoms with E-state index in [1.54, 1.807) is 0 Å². The van der Waals surface area contributed by atoms with Gasteiger partial charge in [0, 0.05) is 10.1 Å². The van der Waals surface area contributed by atoms with Gasteiger partial charge in [0.1, 0.15) is 10.7 Å². The first-order chi connectivity index (χ1) is 9.81. The summed E-state index contributed by atoms with van der Waals surface area (Å²) in [5, 5.41) is 21.1. The van der Waals surface area contributed by atoms with Crippen molar-refractivity contribution in [1.82, 2.24) is 5.32 Å². The quantitative estimate of drug-likeness (QED) is 0.802. The number of carboxylic acids is 1. The Labute approximate surface area is 128 Å². The number of rotatable bonds is 4. The first kappa shape index (κ1) is 15.7. The summed E-state index contributed by atoms with van der Waals surface area (Å²) < 4.78 is 13.6. The molecule has 2 atom stereocenters. The van der Waals surface area contributed by atoms with Gasteiger partial charge in [0.15, 0.2) is 6.04 Å². The normalized spacial score (nSPS) is 13.9. The van der Waals surface area contributed by atoms with Gasteiger partial charge in [-0.3, -0.25) is 4.79 Å². The second-order valence-electron chi connectivity index (χ2n) is 4.42. The standard InChI is InChI=1S/C13H11ClFNO4S/c1-5(17)10(13(19)20)16-12(18)11-9(14)7-3-2-6(15)4-8(7)21-11/h2-5,10,17H,1H3,(H,16,18)(H,19,20)/t5-,10+/m1/s1. The molecule has 2 rings (SSSR count). The van der Waals surface area contributed by atoms with E-state index in [0.29, 0.717) is 10.1 Å². The molecule has 1 aromatic carbocycles. The molecule has 8 heteroatoms. The lowest BCUT2D eigenvalue weighted by molar-refractivity contribution is -0.141. The minimum atomic E-state index is -1.45. The van der Waals surface area contributed by atoms with Crippen LogP contribution in [0.15, 0.2) is 18.2 Å². The van der Waals surface area contributed by atoms with E-state index >= 15 is 0 Å². The largest absolute Gasteiger partial charge is 0.480 e. The number of aliphatic carboxylic acids is 1. The summed E-state index contributed by atoms with van der Waals surface area (Å²) in [4.78, 5) is 23.1. The van der Waals surface area contributed by atoms with E-state index in [-0.39, 0.29) is 9.90 Å². The predicted octanol–water partition coefficient (Wildman–Crippen LogP) is 2.26. The monoisotopic (exact) mass is 331 g/mol. The molecule has 0 radical (unpaired) electrons. The summed E-state index contributed by atoms with van der Waals surface area (Å²) in [7, 11) is 0. The number of carbonyl (C=O) groups excluding carboxylic acids is 1. The smallest absolute Gasteiger partial charge is 0.328 e. The highest BCUT2D eigenvalue weighted by atomic mass is 35.5. The molecule has 0 aliphatic carbocycles. The van der Waals surface area contributed by atoms with Gasteiger partial charge in [-0.25, -0.2) is 9.18 Å². The maximum Gasteiger partial charge on any atom is 0.328 e. The molecular weight excluding hydrogens is 321 g/mol. The summed E-state index contributed by atoms with van der Waals surface area (Å²) in [6.07, 6.45) is -1.27. The molecule has 0 aliphatic heterocycles. The number of halogens is 2. The van der Waals surface area contributed by atoms with Crippen molar-refractivity contribution in [2.75, 3.05) is 0 Å². The van der Waals surface area contributed by atoms with E-state index in [4.69, 9.17) is 16.7 Å². The molecule has 0 saturated carbocycles. The Balaban J connectivity index is 2.35. The summed E-state index contributed by atoms with van der Waals surface area (Å²) >= 11 is 7.02. The number of carboxylic acid groups (broad SMARTS) is 1. The molecule has 0 bridgehead atoms. The average Bonchev–Trinajstić information content (AvgIpc) is 2.71. The molecule has 112 valence electrons. The van der Waals surface area contributed by atoms with Crippen LogP contribution in [0.25, 0.3) is 10.1 Å². The molecule has 21 heavy (non-hydrogen) atoms. The van der Waals surface area contributed by atoms with Crippen molar-refractivity contribution in [3.63, 3.8) is 0 Å². The van der Waals surface area contributed by atoms with Gasteiger partial charge < -0.3 is 15.5 Å². The van der Waals surface area contributed by atoms with E-state index < -0.39 is 29.8 Å². The Bertz CT molecular complexity index is 716. The molecule has 1 aromatic heterocycles. The fourth-order valence-electron chi connectivity index (χ4n) is 1.78. The van der Waals surface area contributed by atoms with Crippen LogP contribution in [-0.2, 0) is 4.79 Å². The van der Waals surface area contributed by atoms with E-state index in [1.165, 1.54) is 25.1 Å².